The van der Waals surface area contributed by atoms with Crippen LogP contribution in [0.1, 0.15) is 27.7 Å². The quantitative estimate of drug-likeness (QED) is 0.652. The summed E-state index contributed by atoms with van der Waals surface area (Å²) < 4.78 is 0. The summed E-state index contributed by atoms with van der Waals surface area (Å²) in [4.78, 5) is 1.95. The summed E-state index contributed by atoms with van der Waals surface area (Å²) in [5.41, 5.74) is -0.971. The molecule has 0 aliphatic carbocycles. The van der Waals surface area contributed by atoms with Crippen LogP contribution in [-0.4, -0.2) is 46.5 Å². The number of nitrogens with zero attached hydrogens (tertiary/aromatic N) is 1. The van der Waals surface area contributed by atoms with E-state index in [4.69, 9.17) is 5.11 Å². The van der Waals surface area contributed by atoms with Crippen LogP contribution in [-0.2, 0) is 0 Å². The lowest BCUT2D eigenvalue weighted by atomic mass is 10.0. The van der Waals surface area contributed by atoms with Crippen molar-refractivity contribution in [3.63, 3.8) is 0 Å². The second-order valence-electron chi connectivity index (χ2n) is 4.64. The zero-order chi connectivity index (χ0) is 9.99. The van der Waals surface area contributed by atoms with Crippen molar-refractivity contribution in [2.45, 2.75) is 38.8 Å². The van der Waals surface area contributed by atoms with Gasteiger partial charge in [0.1, 0.15) is 0 Å². The first-order valence-corrected chi connectivity index (χ1v) is 4.23. The molecule has 0 saturated heterocycles. The van der Waals surface area contributed by atoms with Gasteiger partial charge in [-0.1, -0.05) is 0 Å². The topological polar surface area (TPSA) is 43.7 Å². The summed E-state index contributed by atoms with van der Waals surface area (Å²) >= 11 is 0. The number of likely N-dealkylation sites (N-methyl/N-ethyl adjacent to an activating group) is 1. The standard InChI is InChI=1S/C9H21NO2/c1-8(2,7-11)10(5)6-9(3,4)12/h11-12H,6-7H2,1-5H3. The van der Waals surface area contributed by atoms with Crippen molar-refractivity contribution in [2.75, 3.05) is 20.2 Å². The fourth-order valence-electron chi connectivity index (χ4n) is 0.915. The van der Waals surface area contributed by atoms with Crippen molar-refractivity contribution in [1.29, 1.82) is 0 Å². The zero-order valence-electron chi connectivity index (χ0n) is 8.76. The Kier molecular flexibility index (Phi) is 3.69. The summed E-state index contributed by atoms with van der Waals surface area (Å²) in [7, 11) is 1.90. The molecule has 12 heavy (non-hydrogen) atoms. The summed E-state index contributed by atoms with van der Waals surface area (Å²) in [5.74, 6) is 0. The molecule has 0 amide bonds. The molecule has 0 saturated carbocycles. The molecular formula is C9H21NO2. The summed E-state index contributed by atoms with van der Waals surface area (Å²) in [6.07, 6.45) is 0. The molecule has 0 aromatic rings. The Bertz CT molecular complexity index is 138. The largest absolute Gasteiger partial charge is 0.394 e. The van der Waals surface area contributed by atoms with Gasteiger partial charge in [-0.15, -0.1) is 0 Å². The van der Waals surface area contributed by atoms with Crippen LogP contribution in [0.4, 0.5) is 0 Å². The number of aliphatic hydroxyl groups excluding tert-OH is 1. The van der Waals surface area contributed by atoms with E-state index in [-0.39, 0.29) is 12.1 Å². The maximum absolute atomic E-state index is 9.52. The monoisotopic (exact) mass is 175 g/mol. The van der Waals surface area contributed by atoms with Crippen LogP contribution in [0.3, 0.4) is 0 Å². The van der Waals surface area contributed by atoms with Crippen LogP contribution in [0.2, 0.25) is 0 Å². The number of hydrogen-bond donors (Lipinski definition) is 2. The van der Waals surface area contributed by atoms with Gasteiger partial charge >= 0.3 is 0 Å². The third-order valence-electron chi connectivity index (χ3n) is 2.04. The number of hydrogen-bond acceptors (Lipinski definition) is 3. The van der Waals surface area contributed by atoms with E-state index in [2.05, 4.69) is 0 Å². The van der Waals surface area contributed by atoms with E-state index in [1.54, 1.807) is 13.8 Å². The second-order valence-corrected chi connectivity index (χ2v) is 4.64. The molecule has 0 aliphatic rings. The van der Waals surface area contributed by atoms with Gasteiger partial charge in [0.25, 0.3) is 0 Å². The Labute approximate surface area is 75.0 Å². The SMILES string of the molecule is CN(CC(C)(C)O)C(C)(C)CO. The normalized spacial score (nSPS) is 14.0. The van der Waals surface area contributed by atoms with Crippen LogP contribution >= 0.6 is 0 Å². The van der Waals surface area contributed by atoms with E-state index in [0.29, 0.717) is 6.54 Å². The van der Waals surface area contributed by atoms with Gasteiger partial charge < -0.3 is 10.2 Å². The Morgan fingerprint density at radius 2 is 1.58 bits per heavy atom. The van der Waals surface area contributed by atoms with Gasteiger partial charge in [0, 0.05) is 12.1 Å². The maximum atomic E-state index is 9.52. The average Bonchev–Trinajstić information content (AvgIpc) is 1.84. The Morgan fingerprint density at radius 3 is 1.83 bits per heavy atom. The molecule has 0 rings (SSSR count). The number of rotatable bonds is 4. The maximum Gasteiger partial charge on any atom is 0.0718 e. The number of β-amino-alcohol motifs (C(OH)–C–C–N with tert-alkyl or cyclic N) is 1. The molecular weight excluding hydrogens is 154 g/mol. The molecule has 2 N–H and O–H groups in total. The van der Waals surface area contributed by atoms with Gasteiger partial charge in [-0.3, -0.25) is 4.90 Å². The smallest absolute Gasteiger partial charge is 0.0718 e. The second kappa shape index (κ2) is 3.73. The predicted octanol–water partition coefficient (Wildman–Crippen LogP) is 0.460. The molecule has 0 aliphatic heterocycles. The van der Waals surface area contributed by atoms with E-state index in [0.717, 1.165) is 0 Å². The third kappa shape index (κ3) is 4.04. The van der Waals surface area contributed by atoms with Gasteiger partial charge in [-0.05, 0) is 34.7 Å². The highest BCUT2D eigenvalue weighted by Gasteiger charge is 2.26. The molecule has 0 fully saturated rings. The van der Waals surface area contributed by atoms with E-state index in [1.165, 1.54) is 0 Å². The van der Waals surface area contributed by atoms with Gasteiger partial charge in [0.05, 0.1) is 12.2 Å². The van der Waals surface area contributed by atoms with Crippen LogP contribution in [0.5, 0.6) is 0 Å². The lowest BCUT2D eigenvalue weighted by Gasteiger charge is -2.37. The summed E-state index contributed by atoms with van der Waals surface area (Å²) in [6.45, 7) is 8.06. The van der Waals surface area contributed by atoms with Gasteiger partial charge in [-0.25, -0.2) is 0 Å². The molecule has 0 atom stereocenters. The molecule has 0 aromatic carbocycles. The molecule has 0 unspecified atom stereocenters. The molecule has 0 radical (unpaired) electrons. The Morgan fingerprint density at radius 1 is 1.17 bits per heavy atom. The number of aliphatic hydroxyl groups is 2. The first-order chi connectivity index (χ1) is 5.19. The fourth-order valence-corrected chi connectivity index (χ4v) is 0.915. The molecule has 0 heterocycles. The summed E-state index contributed by atoms with van der Waals surface area (Å²) in [6, 6.07) is 0. The molecule has 0 bridgehead atoms. The van der Waals surface area contributed by atoms with E-state index < -0.39 is 5.60 Å². The zero-order valence-corrected chi connectivity index (χ0v) is 8.76. The lowest BCUT2D eigenvalue weighted by Crippen LogP contribution is -2.49. The minimum absolute atomic E-state index is 0.0968. The molecule has 3 nitrogen and oxygen atoms in total. The van der Waals surface area contributed by atoms with Gasteiger partial charge in [0.15, 0.2) is 0 Å². The van der Waals surface area contributed by atoms with Crippen molar-refractivity contribution in [2.24, 2.45) is 0 Å². The molecule has 74 valence electrons. The Balaban J connectivity index is 4.13. The van der Waals surface area contributed by atoms with Crippen LogP contribution in [0.15, 0.2) is 0 Å². The van der Waals surface area contributed by atoms with Crippen molar-refractivity contribution >= 4 is 0 Å². The van der Waals surface area contributed by atoms with E-state index in [1.807, 2.05) is 25.8 Å². The van der Waals surface area contributed by atoms with Crippen molar-refractivity contribution < 1.29 is 10.2 Å². The first kappa shape index (κ1) is 11.9. The lowest BCUT2D eigenvalue weighted by molar-refractivity contribution is -0.00546. The van der Waals surface area contributed by atoms with Crippen molar-refractivity contribution in [3.8, 4) is 0 Å². The fraction of sp³-hybridized carbons (Fsp3) is 1.00. The minimum Gasteiger partial charge on any atom is -0.394 e. The average molecular weight is 175 g/mol. The highest BCUT2D eigenvalue weighted by molar-refractivity contribution is 4.82. The highest BCUT2D eigenvalue weighted by Crippen LogP contribution is 2.14. The summed E-state index contributed by atoms with van der Waals surface area (Å²) in [5, 5.41) is 18.6. The van der Waals surface area contributed by atoms with E-state index >= 15 is 0 Å². The Hall–Kier alpha value is -0.120. The predicted molar refractivity (Wildman–Crippen MR) is 50.1 cm³/mol. The van der Waals surface area contributed by atoms with Crippen LogP contribution in [0.25, 0.3) is 0 Å². The highest BCUT2D eigenvalue weighted by atomic mass is 16.3. The third-order valence-corrected chi connectivity index (χ3v) is 2.04. The van der Waals surface area contributed by atoms with Crippen LogP contribution in [0, 0.1) is 0 Å². The van der Waals surface area contributed by atoms with E-state index in [9.17, 15) is 5.11 Å². The van der Waals surface area contributed by atoms with Gasteiger partial charge in [-0.2, -0.15) is 0 Å². The van der Waals surface area contributed by atoms with Crippen molar-refractivity contribution in [1.82, 2.24) is 4.90 Å². The van der Waals surface area contributed by atoms with Gasteiger partial charge in [0.2, 0.25) is 0 Å². The molecule has 0 aromatic heterocycles. The molecule has 0 spiro atoms. The van der Waals surface area contributed by atoms with Crippen molar-refractivity contribution in [3.05, 3.63) is 0 Å². The minimum atomic E-state index is -0.707. The molecule has 3 heteroatoms. The first-order valence-electron chi connectivity index (χ1n) is 4.23. The van der Waals surface area contributed by atoms with Crippen LogP contribution < -0.4 is 0 Å².